The number of piperazine rings is 1. The number of carbonyl (C=O) groups is 1. The Labute approximate surface area is 248 Å². The highest BCUT2D eigenvalue weighted by molar-refractivity contribution is 7.89. The minimum Gasteiger partial charge on any atom is -0.497 e. The maximum Gasteiger partial charge on any atom is 0.255 e. The van der Waals surface area contributed by atoms with Crippen LogP contribution in [0.2, 0.25) is 0 Å². The number of amides is 1. The van der Waals surface area contributed by atoms with Crippen LogP contribution in [-0.2, 0) is 10.0 Å². The molecule has 1 saturated heterocycles. The van der Waals surface area contributed by atoms with Crippen molar-refractivity contribution >= 4 is 33.0 Å². The third-order valence-corrected chi connectivity index (χ3v) is 9.16. The van der Waals surface area contributed by atoms with Crippen LogP contribution in [-0.4, -0.2) is 47.6 Å². The van der Waals surface area contributed by atoms with Crippen LogP contribution in [0.1, 0.15) is 34.5 Å². The molecule has 2 N–H and O–H groups in total. The molecule has 9 heteroatoms. The molecule has 5 rings (SSSR count). The molecule has 0 bridgehead atoms. The molecule has 1 aliphatic rings. The van der Waals surface area contributed by atoms with E-state index in [9.17, 15) is 13.2 Å². The van der Waals surface area contributed by atoms with Gasteiger partial charge in [0, 0.05) is 49.2 Å². The molecule has 4 aromatic carbocycles. The van der Waals surface area contributed by atoms with Gasteiger partial charge in [0.05, 0.1) is 12.8 Å². The lowest BCUT2D eigenvalue weighted by atomic mass is 10.1. The third-order valence-electron chi connectivity index (χ3n) is 7.59. The van der Waals surface area contributed by atoms with Crippen LogP contribution in [0, 0.1) is 6.92 Å². The van der Waals surface area contributed by atoms with E-state index in [1.807, 2.05) is 80.6 Å². The van der Waals surface area contributed by atoms with Gasteiger partial charge < -0.3 is 19.9 Å². The third kappa shape index (κ3) is 6.58. The molecule has 8 nitrogen and oxygen atoms in total. The van der Waals surface area contributed by atoms with Gasteiger partial charge in [0.2, 0.25) is 10.0 Å². The molecule has 4 aromatic rings. The number of aryl methyl sites for hydroxylation is 1. The molecule has 1 amide bonds. The van der Waals surface area contributed by atoms with Crippen molar-refractivity contribution in [2.24, 2.45) is 0 Å². The van der Waals surface area contributed by atoms with E-state index in [1.54, 1.807) is 37.4 Å². The minimum atomic E-state index is -3.96. The summed E-state index contributed by atoms with van der Waals surface area (Å²) < 4.78 is 36.0. The molecule has 1 heterocycles. The quantitative estimate of drug-likeness (QED) is 0.265. The second-order valence-corrected chi connectivity index (χ2v) is 12.1. The van der Waals surface area contributed by atoms with E-state index < -0.39 is 16.1 Å². The van der Waals surface area contributed by atoms with Crippen molar-refractivity contribution in [1.29, 1.82) is 0 Å². The molecule has 0 radical (unpaired) electrons. The summed E-state index contributed by atoms with van der Waals surface area (Å²) >= 11 is 0. The highest BCUT2D eigenvalue weighted by Gasteiger charge is 2.27. The number of anilines is 3. The number of nitrogens with one attached hydrogen (secondary N) is 2. The van der Waals surface area contributed by atoms with E-state index in [-0.39, 0.29) is 10.8 Å². The molecule has 0 aliphatic carbocycles. The normalized spacial score (nSPS) is 14.4. The van der Waals surface area contributed by atoms with E-state index in [0.717, 1.165) is 35.7 Å². The summed E-state index contributed by atoms with van der Waals surface area (Å²) in [5.74, 6) is 0.516. The number of carbonyl (C=O) groups excluding carboxylic acids is 1. The van der Waals surface area contributed by atoms with Crippen molar-refractivity contribution in [1.82, 2.24) is 4.72 Å². The Bertz CT molecular complexity index is 1630. The molecule has 0 saturated carbocycles. The second-order valence-electron chi connectivity index (χ2n) is 10.4. The zero-order chi connectivity index (χ0) is 29.7. The number of hydrogen-bond acceptors (Lipinski definition) is 6. The standard InChI is InChI=1S/C33H36N4O4S/c1-24-9-7-8-12-30(24)33(38)34-27-13-18-31(32(23-27)42(39,40)35-25(2)26-10-5-4-6-11-26)37-21-19-36(20-22-37)28-14-16-29(41-3)17-15-28/h4-18,23,25,35H,19-22H2,1-3H3,(H,34,38)/t25-/m1/s1. The number of benzene rings is 4. The van der Waals surface area contributed by atoms with Crippen LogP contribution in [0.4, 0.5) is 17.1 Å². The van der Waals surface area contributed by atoms with Crippen molar-refractivity contribution in [3.8, 4) is 5.75 Å². The van der Waals surface area contributed by atoms with Crippen LogP contribution in [0.25, 0.3) is 0 Å². The fraction of sp³-hybridized carbons (Fsp3) is 0.242. The van der Waals surface area contributed by atoms with E-state index in [4.69, 9.17) is 4.74 Å². The van der Waals surface area contributed by atoms with Gasteiger partial charge >= 0.3 is 0 Å². The summed E-state index contributed by atoms with van der Waals surface area (Å²) in [5, 5.41) is 2.90. The van der Waals surface area contributed by atoms with Crippen molar-refractivity contribution in [2.45, 2.75) is 24.8 Å². The van der Waals surface area contributed by atoms with Crippen molar-refractivity contribution in [2.75, 3.05) is 48.4 Å². The van der Waals surface area contributed by atoms with E-state index in [0.29, 0.717) is 30.0 Å². The van der Waals surface area contributed by atoms with Crippen molar-refractivity contribution < 1.29 is 17.9 Å². The lowest BCUT2D eigenvalue weighted by molar-refractivity contribution is 0.102. The van der Waals surface area contributed by atoms with Gasteiger partial charge in [-0.15, -0.1) is 0 Å². The molecular formula is C33H36N4O4S. The van der Waals surface area contributed by atoms with Gasteiger partial charge in [-0.2, -0.15) is 0 Å². The first-order valence-electron chi connectivity index (χ1n) is 14.0. The molecule has 42 heavy (non-hydrogen) atoms. The molecule has 0 unspecified atom stereocenters. The largest absolute Gasteiger partial charge is 0.497 e. The van der Waals surface area contributed by atoms with Crippen molar-refractivity contribution in [3.63, 3.8) is 0 Å². The van der Waals surface area contributed by atoms with E-state index in [2.05, 4.69) is 19.8 Å². The summed E-state index contributed by atoms with van der Waals surface area (Å²) in [6.45, 7) is 6.42. The second kappa shape index (κ2) is 12.7. The SMILES string of the molecule is COc1ccc(N2CCN(c3ccc(NC(=O)c4ccccc4C)cc3S(=O)(=O)N[C@H](C)c3ccccc3)CC2)cc1. The first kappa shape index (κ1) is 29.2. The molecule has 1 atom stereocenters. The van der Waals surface area contributed by atoms with Crippen LogP contribution >= 0.6 is 0 Å². The Kier molecular flexibility index (Phi) is 8.80. The highest BCUT2D eigenvalue weighted by Crippen LogP contribution is 2.32. The summed E-state index contributed by atoms with van der Waals surface area (Å²) in [5.41, 5.74) is 4.35. The fourth-order valence-electron chi connectivity index (χ4n) is 5.20. The van der Waals surface area contributed by atoms with Crippen LogP contribution in [0.15, 0.2) is 102 Å². The molecule has 218 valence electrons. The first-order valence-corrected chi connectivity index (χ1v) is 15.5. The minimum absolute atomic E-state index is 0.130. The molecule has 0 spiro atoms. The number of hydrogen-bond donors (Lipinski definition) is 2. The highest BCUT2D eigenvalue weighted by atomic mass is 32.2. The van der Waals surface area contributed by atoms with Gasteiger partial charge in [-0.1, -0.05) is 48.5 Å². The van der Waals surface area contributed by atoms with Crippen LogP contribution in [0.3, 0.4) is 0 Å². The molecule has 1 aliphatic heterocycles. The zero-order valence-electron chi connectivity index (χ0n) is 24.1. The Morgan fingerprint density at radius 1 is 0.833 bits per heavy atom. The van der Waals surface area contributed by atoms with Gasteiger partial charge in [-0.25, -0.2) is 13.1 Å². The Morgan fingerprint density at radius 2 is 1.48 bits per heavy atom. The summed E-state index contributed by atoms with van der Waals surface area (Å²) in [6, 6.07) is 29.4. The number of nitrogens with zero attached hydrogens (tertiary/aromatic N) is 2. The number of methoxy groups -OCH3 is 1. The number of rotatable bonds is 9. The lowest BCUT2D eigenvalue weighted by Crippen LogP contribution is -2.47. The Balaban J connectivity index is 1.42. The Morgan fingerprint density at radius 3 is 2.14 bits per heavy atom. The molecule has 1 fully saturated rings. The van der Waals surface area contributed by atoms with Gasteiger partial charge in [0.15, 0.2) is 0 Å². The zero-order valence-corrected chi connectivity index (χ0v) is 24.9. The predicted molar refractivity (Wildman–Crippen MR) is 168 cm³/mol. The van der Waals surface area contributed by atoms with E-state index >= 15 is 0 Å². The van der Waals surface area contributed by atoms with Gasteiger partial charge in [0.25, 0.3) is 5.91 Å². The Hall–Kier alpha value is -4.34. The lowest BCUT2D eigenvalue weighted by Gasteiger charge is -2.38. The van der Waals surface area contributed by atoms with Crippen LogP contribution in [0.5, 0.6) is 5.75 Å². The van der Waals surface area contributed by atoms with E-state index in [1.165, 1.54) is 0 Å². The van der Waals surface area contributed by atoms with Crippen LogP contribution < -0.4 is 24.6 Å². The number of ether oxygens (including phenoxy) is 1. The number of sulfonamides is 1. The van der Waals surface area contributed by atoms with Crippen molar-refractivity contribution in [3.05, 3.63) is 114 Å². The van der Waals surface area contributed by atoms with Gasteiger partial charge in [-0.3, -0.25) is 4.79 Å². The smallest absolute Gasteiger partial charge is 0.255 e. The predicted octanol–water partition coefficient (Wildman–Crippen LogP) is 5.62. The topological polar surface area (TPSA) is 91.0 Å². The van der Waals surface area contributed by atoms with Gasteiger partial charge in [0.1, 0.15) is 10.6 Å². The maximum atomic E-state index is 13.9. The first-order chi connectivity index (χ1) is 20.2. The van der Waals surface area contributed by atoms with Gasteiger partial charge in [-0.05, 0) is 73.5 Å². The summed E-state index contributed by atoms with van der Waals surface area (Å²) in [7, 11) is -2.32. The fourth-order valence-corrected chi connectivity index (χ4v) is 6.68. The maximum absolute atomic E-state index is 13.9. The average Bonchev–Trinajstić information content (AvgIpc) is 3.01. The summed E-state index contributed by atoms with van der Waals surface area (Å²) in [6.07, 6.45) is 0. The molecular weight excluding hydrogens is 548 g/mol. The summed E-state index contributed by atoms with van der Waals surface area (Å²) in [4.78, 5) is 17.6. The average molecular weight is 585 g/mol. The monoisotopic (exact) mass is 584 g/mol. The molecule has 0 aromatic heterocycles.